The van der Waals surface area contributed by atoms with Crippen LogP contribution in [-0.4, -0.2) is 80.3 Å². The van der Waals surface area contributed by atoms with E-state index in [9.17, 15) is 14.4 Å². The fourth-order valence-electron chi connectivity index (χ4n) is 5.17. The Kier molecular flexibility index (Phi) is 5.80. The van der Waals surface area contributed by atoms with Crippen molar-refractivity contribution < 1.29 is 14.4 Å². The summed E-state index contributed by atoms with van der Waals surface area (Å²) >= 11 is 0. The number of likely N-dealkylation sites (tertiary alicyclic amines) is 2. The van der Waals surface area contributed by atoms with Gasteiger partial charge in [-0.2, -0.15) is 0 Å². The van der Waals surface area contributed by atoms with E-state index >= 15 is 0 Å². The molecule has 1 atom stereocenters. The predicted molar refractivity (Wildman–Crippen MR) is 120 cm³/mol. The lowest BCUT2D eigenvalue weighted by Gasteiger charge is -2.39. The average Bonchev–Trinajstić information content (AvgIpc) is 3.10. The van der Waals surface area contributed by atoms with E-state index in [0.29, 0.717) is 32.4 Å². The van der Waals surface area contributed by atoms with Gasteiger partial charge >= 0.3 is 6.03 Å². The monoisotopic (exact) mass is 448 g/mol. The Morgan fingerprint density at radius 1 is 1.09 bits per heavy atom. The van der Waals surface area contributed by atoms with Crippen LogP contribution in [0.5, 0.6) is 0 Å². The normalized spacial score (nSPS) is 23.1. The van der Waals surface area contributed by atoms with E-state index in [2.05, 4.69) is 32.3 Å². The third-order valence-corrected chi connectivity index (χ3v) is 6.98. The van der Waals surface area contributed by atoms with E-state index in [1.165, 1.54) is 29.1 Å². The Labute approximate surface area is 192 Å². The Hall–Kier alpha value is -3.33. The summed E-state index contributed by atoms with van der Waals surface area (Å²) in [7, 11) is 0. The van der Waals surface area contributed by atoms with Gasteiger partial charge in [0, 0.05) is 45.1 Å². The highest BCUT2D eigenvalue weighted by Gasteiger charge is 2.54. The zero-order chi connectivity index (χ0) is 22.8. The molecule has 0 bridgehead atoms. The lowest BCUT2D eigenvalue weighted by atomic mass is 9.87. The number of rotatable bonds is 4. The van der Waals surface area contributed by atoms with E-state index in [4.69, 9.17) is 0 Å². The van der Waals surface area contributed by atoms with Gasteiger partial charge < -0.3 is 10.2 Å². The van der Waals surface area contributed by atoms with Gasteiger partial charge in [-0.1, -0.05) is 30.3 Å². The number of carbonyl (C=O) groups is 3. The van der Waals surface area contributed by atoms with Gasteiger partial charge in [-0.05, 0) is 31.2 Å². The predicted octanol–water partition coefficient (Wildman–Crippen LogP) is 1.67. The second-order valence-corrected chi connectivity index (χ2v) is 9.09. The number of nitrogens with zero attached hydrogens (tertiary/aromatic N) is 5. The van der Waals surface area contributed by atoms with Crippen LogP contribution in [0.1, 0.15) is 41.7 Å². The summed E-state index contributed by atoms with van der Waals surface area (Å²) < 4.78 is 0. The minimum Gasteiger partial charge on any atom is -0.335 e. The molecule has 4 amide bonds. The molecule has 0 unspecified atom stereocenters. The highest BCUT2D eigenvalue weighted by molar-refractivity contribution is 6.07. The van der Waals surface area contributed by atoms with Crippen LogP contribution in [0.2, 0.25) is 0 Å². The number of carbonyl (C=O) groups excluding carboxylic acids is 3. The van der Waals surface area contributed by atoms with Crippen LogP contribution in [0.3, 0.4) is 0 Å². The Morgan fingerprint density at radius 3 is 2.61 bits per heavy atom. The maximum Gasteiger partial charge on any atom is 0.325 e. The molecule has 3 fully saturated rings. The molecule has 1 spiro atoms. The van der Waals surface area contributed by atoms with Crippen molar-refractivity contribution in [2.24, 2.45) is 0 Å². The van der Waals surface area contributed by atoms with Crippen molar-refractivity contribution in [2.75, 3.05) is 26.2 Å². The first-order valence-electron chi connectivity index (χ1n) is 11.5. The summed E-state index contributed by atoms with van der Waals surface area (Å²) in [5.74, 6) is -0.366. The lowest BCUT2D eigenvalue weighted by molar-refractivity contribution is -0.135. The molecule has 3 aliphatic rings. The van der Waals surface area contributed by atoms with Gasteiger partial charge in [0.15, 0.2) is 0 Å². The van der Waals surface area contributed by atoms with Gasteiger partial charge in [-0.3, -0.25) is 24.4 Å². The molecule has 33 heavy (non-hydrogen) atoms. The zero-order valence-electron chi connectivity index (χ0n) is 18.5. The first kappa shape index (κ1) is 21.5. The van der Waals surface area contributed by atoms with Crippen LogP contribution in [-0.2, 0) is 11.3 Å². The molecule has 2 aromatic rings. The molecule has 0 saturated carbocycles. The fourth-order valence-corrected chi connectivity index (χ4v) is 5.17. The summed E-state index contributed by atoms with van der Waals surface area (Å²) in [6.07, 6.45) is 7.06. The van der Waals surface area contributed by atoms with Gasteiger partial charge in [-0.15, -0.1) is 0 Å². The molecule has 1 aromatic carbocycles. The molecule has 4 heterocycles. The number of benzene rings is 1. The van der Waals surface area contributed by atoms with Crippen molar-refractivity contribution in [3.63, 3.8) is 0 Å². The summed E-state index contributed by atoms with van der Waals surface area (Å²) in [6, 6.07) is 9.61. The fraction of sp³-hybridized carbons (Fsp3) is 0.458. The van der Waals surface area contributed by atoms with E-state index in [-0.39, 0.29) is 29.6 Å². The highest BCUT2D eigenvalue weighted by Crippen LogP contribution is 2.33. The summed E-state index contributed by atoms with van der Waals surface area (Å²) in [5.41, 5.74) is 0.686. The molecule has 0 aliphatic carbocycles. The molecule has 1 aromatic heterocycles. The molecule has 172 valence electrons. The number of piperidine rings is 2. The van der Waals surface area contributed by atoms with Crippen LogP contribution in [0, 0.1) is 0 Å². The van der Waals surface area contributed by atoms with Gasteiger partial charge in [0.2, 0.25) is 0 Å². The quantitative estimate of drug-likeness (QED) is 0.715. The second-order valence-electron chi connectivity index (χ2n) is 9.09. The van der Waals surface area contributed by atoms with Gasteiger partial charge in [0.25, 0.3) is 11.8 Å². The lowest BCUT2D eigenvalue weighted by Crippen LogP contribution is -2.56. The van der Waals surface area contributed by atoms with Gasteiger partial charge in [0.1, 0.15) is 11.2 Å². The smallest absolute Gasteiger partial charge is 0.325 e. The van der Waals surface area contributed by atoms with E-state index in [1.54, 1.807) is 4.90 Å². The Morgan fingerprint density at radius 2 is 1.88 bits per heavy atom. The minimum absolute atomic E-state index is 0.148. The van der Waals surface area contributed by atoms with Crippen LogP contribution >= 0.6 is 0 Å². The van der Waals surface area contributed by atoms with Crippen molar-refractivity contribution in [1.29, 1.82) is 0 Å². The van der Waals surface area contributed by atoms with Gasteiger partial charge in [0.05, 0.1) is 12.2 Å². The van der Waals surface area contributed by atoms with Crippen molar-refractivity contribution in [1.82, 2.24) is 30.0 Å². The molecule has 9 heteroatoms. The van der Waals surface area contributed by atoms with Crippen LogP contribution in [0.4, 0.5) is 4.79 Å². The third-order valence-electron chi connectivity index (χ3n) is 6.98. The third kappa shape index (κ3) is 4.20. The highest BCUT2D eigenvalue weighted by atomic mass is 16.2. The van der Waals surface area contributed by atoms with Crippen LogP contribution < -0.4 is 5.32 Å². The minimum atomic E-state index is -0.832. The SMILES string of the molecule is O=C(c1cnccn1)N1CCC[C@@H](N2C(=O)NC3(CCN(Cc4ccccc4)CC3)C2=O)C1. The van der Waals surface area contributed by atoms with E-state index < -0.39 is 5.54 Å². The second kappa shape index (κ2) is 8.90. The van der Waals surface area contributed by atoms with E-state index in [0.717, 1.165) is 26.1 Å². The molecular weight excluding hydrogens is 420 g/mol. The van der Waals surface area contributed by atoms with Gasteiger partial charge in [-0.25, -0.2) is 9.78 Å². The summed E-state index contributed by atoms with van der Waals surface area (Å²) in [5, 5.41) is 3.01. The number of hydrogen-bond acceptors (Lipinski definition) is 6. The van der Waals surface area contributed by atoms with Crippen molar-refractivity contribution >= 4 is 17.8 Å². The molecule has 3 aliphatic heterocycles. The first-order chi connectivity index (χ1) is 16.1. The maximum absolute atomic E-state index is 13.5. The number of hydrogen-bond donors (Lipinski definition) is 1. The molecule has 5 rings (SSSR count). The largest absolute Gasteiger partial charge is 0.335 e. The zero-order valence-corrected chi connectivity index (χ0v) is 18.5. The summed E-state index contributed by atoms with van der Waals surface area (Å²) in [6.45, 7) is 3.23. The first-order valence-corrected chi connectivity index (χ1v) is 11.5. The average molecular weight is 449 g/mol. The Balaban J connectivity index is 1.24. The van der Waals surface area contributed by atoms with Crippen LogP contribution in [0.15, 0.2) is 48.9 Å². The maximum atomic E-state index is 13.5. The van der Waals surface area contributed by atoms with Crippen molar-refractivity contribution in [3.8, 4) is 0 Å². The molecule has 9 nitrogen and oxygen atoms in total. The number of amides is 4. The van der Waals surface area contributed by atoms with Crippen molar-refractivity contribution in [2.45, 2.75) is 43.8 Å². The molecule has 3 saturated heterocycles. The van der Waals surface area contributed by atoms with E-state index in [1.807, 2.05) is 18.2 Å². The molecule has 0 radical (unpaired) electrons. The Bertz CT molecular complexity index is 1020. The molecular formula is C24H28N6O3. The number of urea groups is 1. The molecule has 1 N–H and O–H groups in total. The standard InChI is InChI=1S/C24H28N6O3/c31-21(20-15-25-10-11-26-20)29-12-4-7-19(17-29)30-22(32)24(27-23(30)33)8-13-28(14-9-24)16-18-5-2-1-3-6-18/h1-3,5-6,10-11,15,19H,4,7-9,12-14,16-17H2,(H,27,33)/t19-/m1/s1. The number of aromatic nitrogens is 2. The topological polar surface area (TPSA) is 98.7 Å². The summed E-state index contributed by atoms with van der Waals surface area (Å²) in [4.78, 5) is 52.7. The number of nitrogens with one attached hydrogen (secondary N) is 1. The number of imide groups is 1. The van der Waals surface area contributed by atoms with Crippen LogP contribution in [0.25, 0.3) is 0 Å². The van der Waals surface area contributed by atoms with Crippen molar-refractivity contribution in [3.05, 3.63) is 60.2 Å².